The minimum Gasteiger partial charge on any atom is -0.369 e. The van der Waals surface area contributed by atoms with Gasteiger partial charge in [-0.25, -0.2) is 4.39 Å². The molecule has 0 saturated carbocycles. The van der Waals surface area contributed by atoms with Crippen molar-refractivity contribution in [2.24, 2.45) is 5.73 Å². The molecule has 1 saturated heterocycles. The molecule has 0 amide bonds. The number of piperazine rings is 1. The predicted molar refractivity (Wildman–Crippen MR) is 113 cm³/mol. The van der Waals surface area contributed by atoms with E-state index >= 15 is 0 Å². The van der Waals surface area contributed by atoms with Crippen molar-refractivity contribution in [1.29, 1.82) is 0 Å². The number of halogens is 2. The molecule has 3 aromatic rings. The molecule has 154 valence electrons. The van der Waals surface area contributed by atoms with Crippen LogP contribution in [0, 0.1) is 5.82 Å². The van der Waals surface area contributed by atoms with E-state index in [1.54, 1.807) is 0 Å². The molecule has 0 spiro atoms. The first kappa shape index (κ1) is 21.2. The molecule has 2 N–H and O–H groups in total. The molecule has 0 bridgehead atoms. The average molecular weight is 418 g/mol. The summed E-state index contributed by atoms with van der Waals surface area (Å²) in [7, 11) is 0. The van der Waals surface area contributed by atoms with Crippen LogP contribution in [0.25, 0.3) is 11.4 Å². The third-order valence-electron chi connectivity index (χ3n) is 5.30. The third-order valence-corrected chi connectivity index (χ3v) is 5.30. The minimum absolute atomic E-state index is 0. The largest absolute Gasteiger partial charge is 0.369 e. The lowest BCUT2D eigenvalue weighted by atomic mass is 10.1. The lowest BCUT2D eigenvalue weighted by Crippen LogP contribution is -2.47. The fraction of sp³-hybridized carbons (Fsp3) is 0.333. The molecule has 1 aliphatic heterocycles. The Labute approximate surface area is 175 Å². The smallest absolute Gasteiger partial charge is 0.244 e. The van der Waals surface area contributed by atoms with Crippen molar-refractivity contribution in [3.05, 3.63) is 65.8 Å². The number of hydrogen-bond acceptors (Lipinski definition) is 6. The summed E-state index contributed by atoms with van der Waals surface area (Å²) in [5.41, 5.74) is 8.68. The standard InChI is InChI=1S/C21H24FN5O.ClH/c1-15(21-24-20(25-28-21)17-4-2-16(14-23)3-5-17)26-10-12-27(13-11-26)19-8-6-18(22)7-9-19;/h2-9,15H,10-14,23H2,1H3;1H. The summed E-state index contributed by atoms with van der Waals surface area (Å²) < 4.78 is 18.6. The van der Waals surface area contributed by atoms with Crippen molar-refractivity contribution in [1.82, 2.24) is 15.0 Å². The highest BCUT2D eigenvalue weighted by atomic mass is 35.5. The van der Waals surface area contributed by atoms with Gasteiger partial charge in [-0.2, -0.15) is 4.98 Å². The Hall–Kier alpha value is -2.48. The van der Waals surface area contributed by atoms with E-state index in [4.69, 9.17) is 10.3 Å². The fourth-order valence-electron chi connectivity index (χ4n) is 3.49. The Balaban J connectivity index is 0.00000240. The lowest BCUT2D eigenvalue weighted by Gasteiger charge is -2.38. The van der Waals surface area contributed by atoms with Crippen molar-refractivity contribution >= 4 is 18.1 Å². The molecule has 0 radical (unpaired) electrons. The summed E-state index contributed by atoms with van der Waals surface area (Å²) in [5, 5.41) is 4.14. The van der Waals surface area contributed by atoms with Crippen LogP contribution in [0.1, 0.15) is 24.4 Å². The highest BCUT2D eigenvalue weighted by Gasteiger charge is 2.26. The molecule has 0 aliphatic carbocycles. The molecule has 1 atom stereocenters. The van der Waals surface area contributed by atoms with Crippen LogP contribution in [-0.4, -0.2) is 41.2 Å². The minimum atomic E-state index is -0.208. The number of hydrogen-bond donors (Lipinski definition) is 1. The molecule has 2 heterocycles. The van der Waals surface area contributed by atoms with Crippen molar-refractivity contribution in [2.45, 2.75) is 19.5 Å². The van der Waals surface area contributed by atoms with Gasteiger partial charge < -0.3 is 15.2 Å². The van der Waals surface area contributed by atoms with E-state index in [1.165, 1.54) is 12.1 Å². The number of aromatic nitrogens is 2. The van der Waals surface area contributed by atoms with Crippen LogP contribution in [0.5, 0.6) is 0 Å². The summed E-state index contributed by atoms with van der Waals surface area (Å²) in [6.45, 7) is 6.10. The molecule has 1 aliphatic rings. The van der Waals surface area contributed by atoms with Crippen LogP contribution < -0.4 is 10.6 Å². The maximum atomic E-state index is 13.1. The zero-order valence-electron chi connectivity index (χ0n) is 16.3. The van der Waals surface area contributed by atoms with Gasteiger partial charge in [-0.1, -0.05) is 29.4 Å². The second kappa shape index (κ2) is 9.35. The van der Waals surface area contributed by atoms with Gasteiger partial charge in [-0.3, -0.25) is 4.90 Å². The highest BCUT2D eigenvalue weighted by molar-refractivity contribution is 5.85. The summed E-state index contributed by atoms with van der Waals surface area (Å²) in [6, 6.07) is 14.6. The Morgan fingerprint density at radius 2 is 1.69 bits per heavy atom. The van der Waals surface area contributed by atoms with E-state index in [2.05, 4.69) is 26.9 Å². The molecular weight excluding hydrogens is 393 g/mol. The Morgan fingerprint density at radius 3 is 2.31 bits per heavy atom. The molecule has 1 aromatic heterocycles. The number of nitrogens with two attached hydrogens (primary N) is 1. The quantitative estimate of drug-likeness (QED) is 0.683. The second-order valence-corrected chi connectivity index (χ2v) is 7.03. The van der Waals surface area contributed by atoms with Crippen molar-refractivity contribution < 1.29 is 8.91 Å². The number of nitrogens with zero attached hydrogens (tertiary/aromatic N) is 4. The van der Waals surface area contributed by atoms with Crippen LogP contribution in [0.2, 0.25) is 0 Å². The Kier molecular flexibility index (Phi) is 6.84. The highest BCUT2D eigenvalue weighted by Crippen LogP contribution is 2.25. The average Bonchev–Trinajstić information content (AvgIpc) is 3.24. The zero-order chi connectivity index (χ0) is 19.5. The number of benzene rings is 2. The summed E-state index contributed by atoms with van der Waals surface area (Å²) in [6.07, 6.45) is 0. The lowest BCUT2D eigenvalue weighted by molar-refractivity contribution is 0.164. The van der Waals surface area contributed by atoms with Gasteiger partial charge in [-0.05, 0) is 36.8 Å². The van der Waals surface area contributed by atoms with Crippen LogP contribution in [-0.2, 0) is 6.54 Å². The first-order valence-electron chi connectivity index (χ1n) is 9.51. The van der Waals surface area contributed by atoms with Gasteiger partial charge in [0.05, 0.1) is 6.04 Å². The van der Waals surface area contributed by atoms with Gasteiger partial charge in [0.25, 0.3) is 0 Å². The van der Waals surface area contributed by atoms with Crippen molar-refractivity contribution in [2.75, 3.05) is 31.1 Å². The topological polar surface area (TPSA) is 71.4 Å². The van der Waals surface area contributed by atoms with Crippen LogP contribution in [0.4, 0.5) is 10.1 Å². The molecule has 2 aromatic carbocycles. The molecule has 6 nitrogen and oxygen atoms in total. The fourth-order valence-corrected chi connectivity index (χ4v) is 3.49. The first-order chi connectivity index (χ1) is 13.6. The Morgan fingerprint density at radius 1 is 1.03 bits per heavy atom. The predicted octanol–water partition coefficient (Wildman–Crippen LogP) is 3.64. The van der Waals surface area contributed by atoms with Gasteiger partial charge >= 0.3 is 0 Å². The maximum absolute atomic E-state index is 13.1. The van der Waals surface area contributed by atoms with Gasteiger partial charge in [0.1, 0.15) is 5.82 Å². The van der Waals surface area contributed by atoms with Crippen molar-refractivity contribution in [3.8, 4) is 11.4 Å². The van der Waals surface area contributed by atoms with Gasteiger partial charge in [0.15, 0.2) is 0 Å². The second-order valence-electron chi connectivity index (χ2n) is 7.03. The maximum Gasteiger partial charge on any atom is 0.244 e. The number of rotatable bonds is 5. The third kappa shape index (κ3) is 4.75. The monoisotopic (exact) mass is 417 g/mol. The van der Waals surface area contributed by atoms with Crippen LogP contribution in [0.15, 0.2) is 53.1 Å². The summed E-state index contributed by atoms with van der Waals surface area (Å²) in [4.78, 5) is 9.19. The molecule has 1 fully saturated rings. The molecule has 4 rings (SSSR count). The summed E-state index contributed by atoms with van der Waals surface area (Å²) in [5.74, 6) is 1.00. The van der Waals surface area contributed by atoms with Crippen LogP contribution >= 0.6 is 12.4 Å². The number of anilines is 1. The Bertz CT molecular complexity index is 908. The van der Waals surface area contributed by atoms with Gasteiger partial charge in [-0.15, -0.1) is 12.4 Å². The van der Waals surface area contributed by atoms with Crippen LogP contribution in [0.3, 0.4) is 0 Å². The molecule has 1 unspecified atom stereocenters. The van der Waals surface area contributed by atoms with E-state index in [0.29, 0.717) is 18.3 Å². The first-order valence-corrected chi connectivity index (χ1v) is 9.51. The van der Waals surface area contributed by atoms with E-state index in [-0.39, 0.29) is 24.3 Å². The van der Waals surface area contributed by atoms with Gasteiger partial charge in [0, 0.05) is 44.0 Å². The van der Waals surface area contributed by atoms with E-state index in [1.807, 2.05) is 36.4 Å². The molecule has 8 heteroatoms. The normalized spacial score (nSPS) is 15.8. The molecule has 29 heavy (non-hydrogen) atoms. The van der Waals surface area contributed by atoms with E-state index in [0.717, 1.165) is 43.0 Å². The molecular formula is C21H25ClFN5O. The SMILES string of the molecule is CC(c1nc(-c2ccc(CN)cc2)no1)N1CCN(c2ccc(F)cc2)CC1.Cl. The van der Waals surface area contributed by atoms with E-state index < -0.39 is 0 Å². The summed E-state index contributed by atoms with van der Waals surface area (Å²) >= 11 is 0. The van der Waals surface area contributed by atoms with E-state index in [9.17, 15) is 4.39 Å². The van der Waals surface area contributed by atoms with Crippen molar-refractivity contribution in [3.63, 3.8) is 0 Å². The van der Waals surface area contributed by atoms with Gasteiger partial charge in [0.2, 0.25) is 11.7 Å². The zero-order valence-corrected chi connectivity index (χ0v) is 17.1.